The fourth-order valence-electron chi connectivity index (χ4n) is 1.86. The maximum atomic E-state index is 6.30. The van der Waals surface area contributed by atoms with Gasteiger partial charge in [-0.2, -0.15) is 0 Å². The van der Waals surface area contributed by atoms with Gasteiger partial charge in [-0.15, -0.1) is 0 Å². The summed E-state index contributed by atoms with van der Waals surface area (Å²) >= 11 is 13.5. The highest BCUT2D eigenvalue weighted by molar-refractivity contribution is 9.10. The Bertz CT molecular complexity index is 617. The summed E-state index contributed by atoms with van der Waals surface area (Å²) in [6.07, 6.45) is 0. The van der Waals surface area contributed by atoms with Crippen LogP contribution in [0.3, 0.4) is 0 Å². The van der Waals surface area contributed by atoms with E-state index >= 15 is 0 Å². The zero-order valence-electron chi connectivity index (χ0n) is 11.0. The van der Waals surface area contributed by atoms with Crippen LogP contribution in [0, 0.1) is 0 Å². The van der Waals surface area contributed by atoms with Crippen molar-refractivity contribution in [3.63, 3.8) is 0 Å². The van der Waals surface area contributed by atoms with E-state index in [0.29, 0.717) is 5.02 Å². The number of methoxy groups -OCH3 is 2. The monoisotopic (exact) mass is 418 g/mol. The van der Waals surface area contributed by atoms with Gasteiger partial charge in [-0.05, 0) is 51.3 Å². The van der Waals surface area contributed by atoms with Crippen molar-refractivity contribution in [2.75, 3.05) is 14.2 Å². The van der Waals surface area contributed by atoms with Crippen LogP contribution in [0.15, 0.2) is 40.9 Å². The number of ether oxygens (including phenoxy) is 2. The van der Waals surface area contributed by atoms with Crippen LogP contribution in [0.25, 0.3) is 0 Å². The van der Waals surface area contributed by atoms with Gasteiger partial charge < -0.3 is 9.47 Å². The summed E-state index contributed by atoms with van der Waals surface area (Å²) in [6.45, 7) is 0. The Morgan fingerprint density at radius 1 is 1.05 bits per heavy atom. The maximum absolute atomic E-state index is 6.30. The minimum absolute atomic E-state index is 0.00288. The van der Waals surface area contributed by atoms with Crippen molar-refractivity contribution in [3.8, 4) is 11.5 Å². The number of halogens is 3. The summed E-state index contributed by atoms with van der Waals surface area (Å²) in [6, 6.07) is 11.6. The first-order valence-electron chi connectivity index (χ1n) is 5.87. The Morgan fingerprint density at radius 2 is 1.80 bits per heavy atom. The second kappa shape index (κ2) is 6.83. The predicted molar refractivity (Wildman–Crippen MR) is 89.5 cm³/mol. The van der Waals surface area contributed by atoms with Gasteiger partial charge in [-0.1, -0.05) is 39.7 Å². The summed E-state index contributed by atoms with van der Waals surface area (Å²) in [5, 5.41) is 0.665. The third kappa shape index (κ3) is 3.30. The molecular formula is C15H13Br2ClO2. The largest absolute Gasteiger partial charge is 0.497 e. The van der Waals surface area contributed by atoms with Gasteiger partial charge in [0.15, 0.2) is 0 Å². The zero-order chi connectivity index (χ0) is 14.7. The molecule has 0 N–H and O–H groups in total. The SMILES string of the molecule is COc1ccc(C(Br)c2ccc(OC)c(Br)c2)c(Cl)c1. The number of hydrogen-bond acceptors (Lipinski definition) is 2. The molecule has 0 fully saturated rings. The molecule has 1 atom stereocenters. The van der Waals surface area contributed by atoms with Gasteiger partial charge in [-0.25, -0.2) is 0 Å². The summed E-state index contributed by atoms with van der Waals surface area (Å²) in [5.74, 6) is 1.55. The topological polar surface area (TPSA) is 18.5 Å². The molecule has 0 amide bonds. The van der Waals surface area contributed by atoms with Gasteiger partial charge in [-0.3, -0.25) is 0 Å². The van der Waals surface area contributed by atoms with Gasteiger partial charge in [0.05, 0.1) is 23.5 Å². The second-order valence-corrected chi connectivity index (χ2v) is 6.32. The standard InChI is InChI=1S/C15H13Br2ClO2/c1-19-10-4-5-11(13(18)8-10)15(17)9-3-6-14(20-2)12(16)7-9/h3-8,15H,1-2H3. The molecule has 5 heteroatoms. The summed E-state index contributed by atoms with van der Waals surface area (Å²) in [7, 11) is 3.27. The fraction of sp³-hybridized carbons (Fsp3) is 0.200. The van der Waals surface area contributed by atoms with E-state index in [1.807, 2.05) is 36.4 Å². The van der Waals surface area contributed by atoms with Crippen LogP contribution in [0.5, 0.6) is 11.5 Å². The first kappa shape index (κ1) is 15.7. The Balaban J connectivity index is 2.35. The van der Waals surface area contributed by atoms with Crippen LogP contribution in [0.2, 0.25) is 5.02 Å². The Morgan fingerprint density at radius 3 is 2.35 bits per heavy atom. The lowest BCUT2D eigenvalue weighted by Gasteiger charge is -2.15. The Kier molecular flexibility index (Phi) is 5.35. The summed E-state index contributed by atoms with van der Waals surface area (Å²) in [4.78, 5) is 0.00288. The average Bonchev–Trinajstić information content (AvgIpc) is 2.46. The van der Waals surface area contributed by atoms with Crippen LogP contribution in [0.4, 0.5) is 0 Å². The van der Waals surface area contributed by atoms with Crippen LogP contribution in [0.1, 0.15) is 16.0 Å². The van der Waals surface area contributed by atoms with Crippen molar-refractivity contribution in [2.45, 2.75) is 4.83 Å². The zero-order valence-corrected chi connectivity index (χ0v) is 14.9. The Hall–Kier alpha value is -0.710. The molecule has 0 saturated carbocycles. The maximum Gasteiger partial charge on any atom is 0.133 e. The highest BCUT2D eigenvalue weighted by Crippen LogP contribution is 2.39. The second-order valence-electron chi connectivity index (χ2n) is 4.14. The molecule has 0 aliphatic heterocycles. The number of rotatable bonds is 4. The molecule has 0 aliphatic rings. The van der Waals surface area contributed by atoms with Crippen LogP contribution >= 0.6 is 43.5 Å². The molecule has 0 heterocycles. The molecule has 2 aromatic carbocycles. The molecule has 2 aromatic rings. The molecule has 0 saturated heterocycles. The van der Waals surface area contributed by atoms with E-state index in [-0.39, 0.29) is 4.83 Å². The van der Waals surface area contributed by atoms with Crippen LogP contribution in [-0.2, 0) is 0 Å². The fourth-order valence-corrected chi connectivity index (χ4v) is 3.51. The third-order valence-corrected chi connectivity index (χ3v) is 4.92. The lowest BCUT2D eigenvalue weighted by Crippen LogP contribution is -1.96. The van der Waals surface area contributed by atoms with Crippen molar-refractivity contribution in [1.82, 2.24) is 0 Å². The van der Waals surface area contributed by atoms with Crippen molar-refractivity contribution < 1.29 is 9.47 Å². The molecule has 0 bridgehead atoms. The number of alkyl halides is 1. The molecule has 0 spiro atoms. The molecular weight excluding hydrogens is 407 g/mol. The summed E-state index contributed by atoms with van der Waals surface area (Å²) in [5.41, 5.74) is 2.08. The van der Waals surface area contributed by atoms with E-state index < -0.39 is 0 Å². The van der Waals surface area contributed by atoms with Crippen LogP contribution < -0.4 is 9.47 Å². The number of benzene rings is 2. The van der Waals surface area contributed by atoms with Crippen molar-refractivity contribution in [3.05, 3.63) is 57.0 Å². The molecule has 20 heavy (non-hydrogen) atoms. The molecule has 2 nitrogen and oxygen atoms in total. The van der Waals surface area contributed by atoms with Crippen molar-refractivity contribution in [1.29, 1.82) is 0 Å². The van der Waals surface area contributed by atoms with Crippen molar-refractivity contribution >= 4 is 43.5 Å². The quantitative estimate of drug-likeness (QED) is 0.599. The molecule has 2 rings (SSSR count). The predicted octanol–water partition coefficient (Wildman–Crippen LogP) is 5.60. The molecule has 0 aliphatic carbocycles. The minimum Gasteiger partial charge on any atom is -0.497 e. The van der Waals surface area contributed by atoms with E-state index in [1.165, 1.54) is 0 Å². The van der Waals surface area contributed by atoms with E-state index in [4.69, 9.17) is 21.1 Å². The third-order valence-electron chi connectivity index (χ3n) is 2.95. The van der Waals surface area contributed by atoms with Crippen LogP contribution in [-0.4, -0.2) is 14.2 Å². The molecule has 106 valence electrons. The Labute approximate surface area is 140 Å². The van der Waals surface area contributed by atoms with Gasteiger partial charge in [0, 0.05) is 5.02 Å². The first-order chi connectivity index (χ1) is 9.56. The normalized spacial score (nSPS) is 12.1. The van der Waals surface area contributed by atoms with E-state index in [9.17, 15) is 0 Å². The first-order valence-corrected chi connectivity index (χ1v) is 7.96. The molecule has 1 unspecified atom stereocenters. The summed E-state index contributed by atoms with van der Waals surface area (Å²) < 4.78 is 11.3. The highest BCUT2D eigenvalue weighted by atomic mass is 79.9. The van der Waals surface area contributed by atoms with Gasteiger partial charge in [0.1, 0.15) is 11.5 Å². The molecule has 0 aromatic heterocycles. The average molecular weight is 421 g/mol. The minimum atomic E-state index is 0.00288. The lowest BCUT2D eigenvalue weighted by atomic mass is 10.0. The van der Waals surface area contributed by atoms with E-state index in [0.717, 1.165) is 27.1 Å². The molecule has 0 radical (unpaired) electrons. The van der Waals surface area contributed by atoms with E-state index in [1.54, 1.807) is 14.2 Å². The van der Waals surface area contributed by atoms with Gasteiger partial charge in [0.25, 0.3) is 0 Å². The van der Waals surface area contributed by atoms with E-state index in [2.05, 4.69) is 31.9 Å². The lowest BCUT2D eigenvalue weighted by molar-refractivity contribution is 0.412. The van der Waals surface area contributed by atoms with Gasteiger partial charge in [0.2, 0.25) is 0 Å². The smallest absolute Gasteiger partial charge is 0.133 e. The number of hydrogen-bond donors (Lipinski definition) is 0. The van der Waals surface area contributed by atoms with Gasteiger partial charge >= 0.3 is 0 Å². The highest BCUT2D eigenvalue weighted by Gasteiger charge is 2.15. The van der Waals surface area contributed by atoms with Crippen molar-refractivity contribution in [2.24, 2.45) is 0 Å².